The summed E-state index contributed by atoms with van der Waals surface area (Å²) < 4.78 is 11.1. The van der Waals surface area contributed by atoms with Gasteiger partial charge in [-0.1, -0.05) is 259 Å². The number of ether oxygens (including phenoxy) is 2. The molecule has 0 saturated carbocycles. The number of hydrogen-bond acceptors (Lipinski definition) is 10. The van der Waals surface area contributed by atoms with Crippen LogP contribution in [0.15, 0.2) is 147 Å². The van der Waals surface area contributed by atoms with E-state index >= 15 is 0 Å². The van der Waals surface area contributed by atoms with Crippen LogP contribution in [0.1, 0.15) is 258 Å². The molecule has 0 unspecified atom stereocenters. The van der Waals surface area contributed by atoms with Crippen LogP contribution in [-0.2, 0) is 21.7 Å². The van der Waals surface area contributed by atoms with Crippen molar-refractivity contribution in [3.63, 3.8) is 0 Å². The summed E-state index contributed by atoms with van der Waals surface area (Å²) in [6.07, 6.45) is 5.88. The molecule has 7 rings (SSSR count). The number of methoxy groups -OCH3 is 2. The molecule has 7 aromatic rings. The molecule has 480 valence electrons. The van der Waals surface area contributed by atoms with E-state index in [1.165, 1.54) is 50.1 Å². The molecule has 0 saturated heterocycles. The van der Waals surface area contributed by atoms with Crippen LogP contribution in [-0.4, -0.2) is 51.3 Å². The minimum absolute atomic E-state index is 0. The van der Waals surface area contributed by atoms with Gasteiger partial charge in [-0.3, -0.25) is 20.0 Å². The minimum atomic E-state index is -0.417. The van der Waals surface area contributed by atoms with Crippen LogP contribution in [0.2, 0.25) is 0 Å². The normalized spacial score (nSPS) is 11.5. The quantitative estimate of drug-likeness (QED) is 0.0614. The molecule has 0 fully saturated rings. The van der Waals surface area contributed by atoms with Crippen LogP contribution in [0.4, 0.5) is 22.7 Å². The molecular formula is C79H104N4O6Ti. The number of rotatable bonds is 18. The van der Waals surface area contributed by atoms with Gasteiger partial charge in [-0.2, -0.15) is 0 Å². The van der Waals surface area contributed by atoms with E-state index in [2.05, 4.69) is 203 Å². The van der Waals surface area contributed by atoms with Crippen molar-refractivity contribution in [1.29, 1.82) is 0 Å². The van der Waals surface area contributed by atoms with E-state index in [1.807, 2.05) is 18.2 Å². The van der Waals surface area contributed by atoms with Gasteiger partial charge in [0, 0.05) is 24.9 Å². The second-order valence-corrected chi connectivity index (χ2v) is 25.4. The van der Waals surface area contributed by atoms with Gasteiger partial charge in [-0.05, 0) is 145 Å². The number of para-hydroxylation sites is 4. The van der Waals surface area contributed by atoms with Gasteiger partial charge in [0.1, 0.15) is 11.5 Å². The molecule has 0 spiro atoms. The number of aliphatic imine (C=N–C) groups is 4. The van der Waals surface area contributed by atoms with Gasteiger partial charge >= 0.3 is 21.7 Å². The van der Waals surface area contributed by atoms with Gasteiger partial charge in [0.05, 0.1) is 37.0 Å². The average Bonchev–Trinajstić information content (AvgIpc) is 1.52. The third-order valence-electron chi connectivity index (χ3n) is 14.4. The second kappa shape index (κ2) is 39.3. The Balaban J connectivity index is 0.000000493. The zero-order chi connectivity index (χ0) is 66.8. The van der Waals surface area contributed by atoms with E-state index in [1.54, 1.807) is 91.0 Å². The van der Waals surface area contributed by atoms with E-state index in [0.29, 0.717) is 81.1 Å². The van der Waals surface area contributed by atoms with Crippen molar-refractivity contribution in [3.05, 3.63) is 200 Å². The Labute approximate surface area is 557 Å². The Hall–Kier alpha value is -6.95. The SMILES string of the molecule is CC(C)[O-].CC(C)[O-].COc1cc(C=Nc2c(C(C)C)cccc2C(C)C)c([O-])c(C=Nc2c(C(C)C)cccc2C(C)C)c1.COc1cc(C=Nc2c(C(C)C)cccc2C(C)C)c([O-])c(C=Nc2c(C(C)C)cccc2C(C)C)c1.Cc1ccccc1.[Ti+4]. The molecule has 7 aromatic carbocycles. The third-order valence-corrected chi connectivity index (χ3v) is 14.4. The van der Waals surface area contributed by atoms with Gasteiger partial charge in [0.2, 0.25) is 0 Å². The summed E-state index contributed by atoms with van der Waals surface area (Å²) in [6.45, 7) is 43.2. The standard InChI is InChI=1S/2C33H42N2O2.C7H8.2C3H7O.Ti/c2*1-20(2)27-12-10-13-28(21(3)4)31(27)34-18-24-16-26(37-9)17-25(33(24)36)19-35-32-29(22(5)6)14-11-15-30(32)23(7)8;1-7-5-3-2-4-6-7;2*1-3(2)4;/h2*10-23,36H,1-9H3;2-6H,1H3;2*3H,1-2H3;/q;;;2*-1;+4/p-2. The largest absolute Gasteiger partial charge is 4.00 e. The summed E-state index contributed by atoms with van der Waals surface area (Å²) in [4.78, 5) is 19.5. The summed E-state index contributed by atoms with van der Waals surface area (Å²) in [5, 5.41) is 46.1. The molecule has 0 N–H and O–H groups in total. The summed E-state index contributed by atoms with van der Waals surface area (Å²) in [5.74, 6) is 3.54. The number of hydrogen-bond donors (Lipinski definition) is 0. The van der Waals surface area contributed by atoms with Crippen LogP contribution < -0.4 is 29.9 Å². The first-order valence-corrected chi connectivity index (χ1v) is 31.7. The van der Waals surface area contributed by atoms with Crippen molar-refractivity contribution in [3.8, 4) is 23.0 Å². The monoisotopic (exact) mass is 1250 g/mol. The second-order valence-electron chi connectivity index (χ2n) is 25.4. The molecular weight excluding hydrogens is 1150 g/mol. The molecule has 0 aromatic heterocycles. The van der Waals surface area contributed by atoms with Crippen molar-refractivity contribution in [2.45, 2.75) is 205 Å². The molecule has 0 aliphatic rings. The fraction of sp³-hybridized carbons (Fsp3) is 0.418. The first-order valence-electron chi connectivity index (χ1n) is 31.7. The van der Waals surface area contributed by atoms with E-state index < -0.39 is 12.2 Å². The number of benzene rings is 7. The Bertz CT molecular complexity index is 2900. The maximum Gasteiger partial charge on any atom is 4.00 e. The van der Waals surface area contributed by atoms with Crippen LogP contribution in [0.25, 0.3) is 0 Å². The molecule has 10 nitrogen and oxygen atoms in total. The van der Waals surface area contributed by atoms with Gasteiger partial charge in [0.15, 0.2) is 0 Å². The van der Waals surface area contributed by atoms with Crippen molar-refractivity contribution < 1.29 is 51.6 Å². The maximum absolute atomic E-state index is 13.5. The third kappa shape index (κ3) is 24.7. The van der Waals surface area contributed by atoms with Crippen LogP contribution in [0.5, 0.6) is 23.0 Å². The van der Waals surface area contributed by atoms with Crippen LogP contribution in [0, 0.1) is 6.92 Å². The Morgan fingerprint density at radius 2 is 0.489 bits per heavy atom. The zero-order valence-electron chi connectivity index (χ0n) is 58.4. The maximum atomic E-state index is 13.5. The van der Waals surface area contributed by atoms with E-state index in [0.717, 1.165) is 22.7 Å². The number of aryl methyl sites for hydroxylation is 1. The van der Waals surface area contributed by atoms with Crippen molar-refractivity contribution in [2.24, 2.45) is 20.0 Å². The fourth-order valence-corrected chi connectivity index (χ4v) is 9.63. The van der Waals surface area contributed by atoms with E-state index in [4.69, 9.17) is 29.4 Å². The molecule has 0 amide bonds. The Morgan fingerprint density at radius 3 is 0.622 bits per heavy atom. The molecule has 0 aliphatic carbocycles. The number of nitrogens with zero attached hydrogens (tertiary/aromatic N) is 4. The molecule has 90 heavy (non-hydrogen) atoms. The molecule has 11 heteroatoms. The van der Waals surface area contributed by atoms with Crippen LogP contribution >= 0.6 is 0 Å². The minimum Gasteiger partial charge on any atom is -0.872 e. The Morgan fingerprint density at radius 1 is 0.311 bits per heavy atom. The first kappa shape index (κ1) is 79.1. The zero-order valence-corrected chi connectivity index (χ0v) is 60.0. The molecule has 0 aliphatic heterocycles. The summed E-state index contributed by atoms with van der Waals surface area (Å²) in [7, 11) is 3.22. The summed E-state index contributed by atoms with van der Waals surface area (Å²) in [6, 6.07) is 42.5. The molecule has 0 bridgehead atoms. The van der Waals surface area contributed by atoms with E-state index in [9.17, 15) is 20.4 Å². The first-order chi connectivity index (χ1) is 41.9. The Kier molecular flexibility index (Phi) is 34.6. The van der Waals surface area contributed by atoms with Crippen LogP contribution in [0.3, 0.4) is 0 Å². The fourth-order valence-electron chi connectivity index (χ4n) is 9.63. The van der Waals surface area contributed by atoms with E-state index in [-0.39, 0.29) is 33.2 Å². The van der Waals surface area contributed by atoms with Crippen molar-refractivity contribution >= 4 is 47.6 Å². The smallest absolute Gasteiger partial charge is 0.872 e. The molecule has 0 heterocycles. The van der Waals surface area contributed by atoms with Crippen molar-refractivity contribution in [1.82, 2.24) is 0 Å². The molecule has 0 radical (unpaired) electrons. The topological polar surface area (TPSA) is 160 Å². The average molecular weight is 1250 g/mol. The van der Waals surface area contributed by atoms with Gasteiger partial charge in [-0.15, -0.1) is 12.2 Å². The van der Waals surface area contributed by atoms with Gasteiger partial charge < -0.3 is 29.9 Å². The predicted octanol–water partition coefficient (Wildman–Crippen LogP) is 19.0. The predicted molar refractivity (Wildman–Crippen MR) is 374 cm³/mol. The summed E-state index contributed by atoms with van der Waals surface area (Å²) in [5.41, 5.74) is 16.4. The van der Waals surface area contributed by atoms with Gasteiger partial charge in [-0.25, -0.2) is 0 Å². The summed E-state index contributed by atoms with van der Waals surface area (Å²) >= 11 is 0. The van der Waals surface area contributed by atoms with Crippen molar-refractivity contribution in [2.75, 3.05) is 14.2 Å². The van der Waals surface area contributed by atoms with Gasteiger partial charge in [0.25, 0.3) is 0 Å². The molecule has 0 atom stereocenters.